The second-order valence-electron chi connectivity index (χ2n) is 6.21. The summed E-state index contributed by atoms with van der Waals surface area (Å²) in [7, 11) is 0. The minimum absolute atomic E-state index is 0.332. The first-order chi connectivity index (χ1) is 6.86. The number of aliphatic carboxylic acids is 1. The van der Waals surface area contributed by atoms with Crippen LogP contribution in [0.25, 0.3) is 0 Å². The molecule has 1 rings (SSSR count). The maximum atomic E-state index is 11.3. The second-order valence-corrected chi connectivity index (χ2v) is 6.21. The summed E-state index contributed by atoms with van der Waals surface area (Å²) in [5, 5.41) is 9.29. The van der Waals surface area contributed by atoms with Gasteiger partial charge in [0.05, 0.1) is 5.41 Å². The third-order valence-corrected chi connectivity index (χ3v) is 3.60. The van der Waals surface area contributed by atoms with Crippen LogP contribution in [0, 0.1) is 10.8 Å². The molecular weight excluding hydrogens is 188 g/mol. The lowest BCUT2D eigenvalue weighted by atomic mass is 9.78. The largest absolute Gasteiger partial charge is 0.481 e. The molecule has 0 radical (unpaired) electrons. The topological polar surface area (TPSA) is 37.3 Å². The Morgan fingerprint density at radius 1 is 1.27 bits per heavy atom. The first-order valence-electron chi connectivity index (χ1n) is 6.09. The van der Waals surface area contributed by atoms with Crippen molar-refractivity contribution in [2.24, 2.45) is 10.8 Å². The number of carboxylic acid groups (broad SMARTS) is 1. The van der Waals surface area contributed by atoms with Crippen LogP contribution in [-0.4, -0.2) is 11.1 Å². The van der Waals surface area contributed by atoms with Crippen LogP contribution >= 0.6 is 0 Å². The fourth-order valence-electron chi connectivity index (χ4n) is 2.58. The summed E-state index contributed by atoms with van der Waals surface area (Å²) in [6, 6.07) is 0. The van der Waals surface area contributed by atoms with Gasteiger partial charge in [-0.1, -0.05) is 40.0 Å². The summed E-state index contributed by atoms with van der Waals surface area (Å²) >= 11 is 0. The first kappa shape index (κ1) is 12.5. The van der Waals surface area contributed by atoms with E-state index in [1.807, 2.05) is 0 Å². The van der Waals surface area contributed by atoms with Crippen LogP contribution in [0.3, 0.4) is 0 Å². The van der Waals surface area contributed by atoms with Crippen LogP contribution in [-0.2, 0) is 4.79 Å². The zero-order valence-electron chi connectivity index (χ0n) is 10.3. The summed E-state index contributed by atoms with van der Waals surface area (Å²) in [6.07, 6.45) is 7.04. The molecule has 0 aromatic carbocycles. The molecule has 88 valence electrons. The Kier molecular flexibility index (Phi) is 3.80. The number of hydrogen-bond acceptors (Lipinski definition) is 1. The molecule has 0 bridgehead atoms. The summed E-state index contributed by atoms with van der Waals surface area (Å²) in [4.78, 5) is 11.3. The second kappa shape index (κ2) is 4.54. The number of carboxylic acids is 1. The van der Waals surface area contributed by atoms with E-state index in [0.717, 1.165) is 44.9 Å². The Labute approximate surface area is 93.1 Å². The van der Waals surface area contributed by atoms with Crippen molar-refractivity contribution in [2.45, 2.75) is 65.7 Å². The summed E-state index contributed by atoms with van der Waals surface area (Å²) in [5.41, 5.74) is -0.0381. The molecule has 0 spiro atoms. The highest BCUT2D eigenvalue weighted by Gasteiger charge is 2.40. The molecule has 0 saturated heterocycles. The molecule has 1 fully saturated rings. The van der Waals surface area contributed by atoms with E-state index in [0.29, 0.717) is 5.41 Å². The van der Waals surface area contributed by atoms with Gasteiger partial charge in [0.25, 0.3) is 0 Å². The van der Waals surface area contributed by atoms with Gasteiger partial charge in [-0.05, 0) is 31.1 Å². The third-order valence-electron chi connectivity index (χ3n) is 3.60. The molecule has 2 heteroatoms. The SMILES string of the molecule is CC(C)(C)CCCC1(C(=O)O)CCCC1. The number of carbonyl (C=O) groups is 1. The predicted molar refractivity (Wildman–Crippen MR) is 61.8 cm³/mol. The Balaban J connectivity index is 2.43. The van der Waals surface area contributed by atoms with E-state index in [4.69, 9.17) is 0 Å². The van der Waals surface area contributed by atoms with Crippen LogP contribution < -0.4 is 0 Å². The predicted octanol–water partition coefficient (Wildman–Crippen LogP) is 3.85. The van der Waals surface area contributed by atoms with Crippen molar-refractivity contribution >= 4 is 5.97 Å². The van der Waals surface area contributed by atoms with Crippen LogP contribution in [0.2, 0.25) is 0 Å². The van der Waals surface area contributed by atoms with Crippen LogP contribution in [0.15, 0.2) is 0 Å². The molecule has 0 aromatic rings. The van der Waals surface area contributed by atoms with Gasteiger partial charge in [0.2, 0.25) is 0 Å². The van der Waals surface area contributed by atoms with Gasteiger partial charge in [-0.25, -0.2) is 0 Å². The molecule has 1 aliphatic carbocycles. The summed E-state index contributed by atoms with van der Waals surface area (Å²) < 4.78 is 0. The van der Waals surface area contributed by atoms with E-state index in [1.54, 1.807) is 0 Å². The standard InChI is InChI=1S/C13H24O2/c1-12(2,3)7-6-10-13(11(14)15)8-4-5-9-13/h4-10H2,1-3H3,(H,14,15). The molecule has 1 aliphatic rings. The zero-order chi connectivity index (χ0) is 11.5. The van der Waals surface area contributed by atoms with Gasteiger partial charge >= 0.3 is 5.97 Å². The van der Waals surface area contributed by atoms with Crippen LogP contribution in [0.1, 0.15) is 65.7 Å². The highest BCUT2D eigenvalue weighted by atomic mass is 16.4. The average molecular weight is 212 g/mol. The molecule has 0 unspecified atom stereocenters. The lowest BCUT2D eigenvalue weighted by Gasteiger charge is -2.26. The fourth-order valence-corrected chi connectivity index (χ4v) is 2.58. The van der Waals surface area contributed by atoms with E-state index >= 15 is 0 Å². The van der Waals surface area contributed by atoms with Gasteiger partial charge in [-0.15, -0.1) is 0 Å². The van der Waals surface area contributed by atoms with Gasteiger partial charge < -0.3 is 5.11 Å². The molecule has 0 amide bonds. The molecule has 0 atom stereocenters. The zero-order valence-corrected chi connectivity index (χ0v) is 10.3. The molecule has 15 heavy (non-hydrogen) atoms. The normalized spacial score (nSPS) is 20.5. The van der Waals surface area contributed by atoms with E-state index in [1.165, 1.54) is 0 Å². The maximum absolute atomic E-state index is 11.3. The Morgan fingerprint density at radius 2 is 1.80 bits per heavy atom. The van der Waals surface area contributed by atoms with E-state index in [-0.39, 0.29) is 5.41 Å². The summed E-state index contributed by atoms with van der Waals surface area (Å²) in [6.45, 7) is 6.65. The minimum Gasteiger partial charge on any atom is -0.481 e. The lowest BCUT2D eigenvalue weighted by molar-refractivity contribution is -0.149. The lowest BCUT2D eigenvalue weighted by Crippen LogP contribution is -2.28. The van der Waals surface area contributed by atoms with Crippen molar-refractivity contribution in [2.75, 3.05) is 0 Å². The molecule has 0 heterocycles. The minimum atomic E-state index is -0.561. The van der Waals surface area contributed by atoms with Gasteiger partial charge in [-0.2, -0.15) is 0 Å². The van der Waals surface area contributed by atoms with Gasteiger partial charge in [0.1, 0.15) is 0 Å². The molecule has 0 aromatic heterocycles. The van der Waals surface area contributed by atoms with Crippen molar-refractivity contribution < 1.29 is 9.90 Å². The first-order valence-corrected chi connectivity index (χ1v) is 6.09. The smallest absolute Gasteiger partial charge is 0.309 e. The van der Waals surface area contributed by atoms with E-state index < -0.39 is 5.97 Å². The fraction of sp³-hybridized carbons (Fsp3) is 0.923. The van der Waals surface area contributed by atoms with E-state index in [2.05, 4.69) is 20.8 Å². The third kappa shape index (κ3) is 3.51. The Morgan fingerprint density at radius 3 is 2.20 bits per heavy atom. The van der Waals surface area contributed by atoms with Crippen molar-refractivity contribution in [3.63, 3.8) is 0 Å². The average Bonchev–Trinajstić information content (AvgIpc) is 2.51. The highest BCUT2D eigenvalue weighted by Crippen LogP contribution is 2.43. The molecule has 0 aliphatic heterocycles. The molecular formula is C13H24O2. The Hall–Kier alpha value is -0.530. The van der Waals surface area contributed by atoms with Gasteiger partial charge in [0.15, 0.2) is 0 Å². The maximum Gasteiger partial charge on any atom is 0.309 e. The summed E-state index contributed by atoms with van der Waals surface area (Å²) in [5.74, 6) is -0.561. The van der Waals surface area contributed by atoms with E-state index in [9.17, 15) is 9.90 Å². The van der Waals surface area contributed by atoms with Gasteiger partial charge in [0, 0.05) is 0 Å². The Bertz CT molecular complexity index is 219. The molecule has 1 N–H and O–H groups in total. The quantitative estimate of drug-likeness (QED) is 0.768. The number of rotatable bonds is 4. The highest BCUT2D eigenvalue weighted by molar-refractivity contribution is 5.74. The van der Waals surface area contributed by atoms with Crippen molar-refractivity contribution in [1.29, 1.82) is 0 Å². The molecule has 1 saturated carbocycles. The molecule has 2 nitrogen and oxygen atoms in total. The van der Waals surface area contributed by atoms with Crippen molar-refractivity contribution in [1.82, 2.24) is 0 Å². The van der Waals surface area contributed by atoms with Crippen molar-refractivity contribution in [3.05, 3.63) is 0 Å². The van der Waals surface area contributed by atoms with Crippen molar-refractivity contribution in [3.8, 4) is 0 Å². The monoisotopic (exact) mass is 212 g/mol. The van der Waals surface area contributed by atoms with Crippen LogP contribution in [0.5, 0.6) is 0 Å². The number of hydrogen-bond donors (Lipinski definition) is 1. The van der Waals surface area contributed by atoms with Gasteiger partial charge in [-0.3, -0.25) is 4.79 Å². The van der Waals surface area contributed by atoms with Crippen LogP contribution in [0.4, 0.5) is 0 Å².